The number of nitrogens with one attached hydrogen (secondary N) is 1. The number of aromatic nitrogens is 1. The Morgan fingerprint density at radius 1 is 1.17 bits per heavy atom. The second-order valence-corrected chi connectivity index (χ2v) is 10.2. The zero-order chi connectivity index (χ0) is 26.0. The molecule has 1 saturated heterocycles. The van der Waals surface area contributed by atoms with E-state index in [1.54, 1.807) is 11.8 Å². The van der Waals surface area contributed by atoms with Gasteiger partial charge in [-0.25, -0.2) is 9.78 Å². The molecule has 186 valence electrons. The Hall–Kier alpha value is -3.99. The highest BCUT2D eigenvalue weighted by Crippen LogP contribution is 2.27. The molecule has 0 aliphatic carbocycles. The van der Waals surface area contributed by atoms with Crippen LogP contribution in [0.4, 0.5) is 10.5 Å². The zero-order valence-electron chi connectivity index (χ0n) is 21.4. The van der Waals surface area contributed by atoms with Gasteiger partial charge < -0.3 is 15.0 Å². The van der Waals surface area contributed by atoms with Gasteiger partial charge in [0, 0.05) is 30.5 Å². The number of amides is 2. The molecule has 0 bridgehead atoms. The van der Waals surface area contributed by atoms with Crippen molar-refractivity contribution in [3.63, 3.8) is 0 Å². The van der Waals surface area contributed by atoms with Crippen LogP contribution in [-0.4, -0.2) is 46.3 Å². The van der Waals surface area contributed by atoms with E-state index in [9.17, 15) is 14.9 Å². The van der Waals surface area contributed by atoms with Crippen LogP contribution in [0.15, 0.2) is 41.0 Å². The van der Waals surface area contributed by atoms with Gasteiger partial charge in [-0.1, -0.05) is 11.6 Å². The fourth-order valence-electron chi connectivity index (χ4n) is 4.28. The molecule has 3 heterocycles. The smallest absolute Gasteiger partial charge is 0.410 e. The summed E-state index contributed by atoms with van der Waals surface area (Å²) in [7, 11) is 0. The molecule has 0 unspecified atom stereocenters. The molecule has 1 aromatic heterocycles. The predicted octanol–water partition coefficient (Wildman–Crippen LogP) is 5.08. The number of hydrogen-bond acceptors (Lipinski definition) is 6. The first-order valence-electron chi connectivity index (χ1n) is 12.1. The maximum Gasteiger partial charge on any atom is 0.410 e. The summed E-state index contributed by atoms with van der Waals surface area (Å²) in [6.07, 6.45) is 4.82. The normalized spacial score (nSPS) is 15.1. The van der Waals surface area contributed by atoms with Crippen LogP contribution in [0.2, 0.25) is 0 Å². The predicted molar refractivity (Wildman–Crippen MR) is 138 cm³/mol. The molecule has 2 amide bonds. The van der Waals surface area contributed by atoms with Gasteiger partial charge in [0.15, 0.2) is 0 Å². The first-order valence-corrected chi connectivity index (χ1v) is 12.1. The number of likely N-dealkylation sites (tertiary alicyclic amines) is 1. The van der Waals surface area contributed by atoms with Gasteiger partial charge in [-0.3, -0.25) is 9.79 Å². The van der Waals surface area contributed by atoms with Crippen LogP contribution in [0, 0.1) is 25.2 Å². The number of allylic oxidation sites excluding steroid dienone is 1. The Morgan fingerprint density at radius 2 is 1.89 bits per heavy atom. The van der Waals surface area contributed by atoms with E-state index in [4.69, 9.17) is 9.73 Å². The molecule has 36 heavy (non-hydrogen) atoms. The largest absolute Gasteiger partial charge is 0.444 e. The van der Waals surface area contributed by atoms with E-state index in [2.05, 4.69) is 22.4 Å². The number of anilines is 1. The SMILES string of the molecule is Cc1c(C#N)cnc(C(=O)Nc2ccc3c(c2)C(C=C2CCN(C(=O)OC(C)(C)C)CC2)=NC3)c1C. The van der Waals surface area contributed by atoms with E-state index >= 15 is 0 Å². The second-order valence-electron chi connectivity index (χ2n) is 10.2. The number of aliphatic imine (C=N–C) groups is 1. The number of carbonyl (C=O) groups is 2. The lowest BCUT2D eigenvalue weighted by atomic mass is 9.98. The number of benzene rings is 1. The molecular weight excluding hydrogens is 454 g/mol. The number of nitriles is 1. The Bertz CT molecular complexity index is 1320. The molecule has 0 spiro atoms. The molecule has 8 heteroatoms. The monoisotopic (exact) mass is 485 g/mol. The van der Waals surface area contributed by atoms with Crippen molar-refractivity contribution in [3.05, 3.63) is 69.6 Å². The zero-order valence-corrected chi connectivity index (χ0v) is 21.4. The highest BCUT2D eigenvalue weighted by Gasteiger charge is 2.25. The number of fused-ring (bicyclic) bond motifs is 1. The van der Waals surface area contributed by atoms with E-state index in [0.717, 1.165) is 35.2 Å². The fourth-order valence-corrected chi connectivity index (χ4v) is 4.28. The number of ether oxygens (including phenoxy) is 1. The Morgan fingerprint density at radius 3 is 2.56 bits per heavy atom. The van der Waals surface area contributed by atoms with Crippen LogP contribution in [0.3, 0.4) is 0 Å². The topological polar surface area (TPSA) is 108 Å². The summed E-state index contributed by atoms with van der Waals surface area (Å²) in [6.45, 7) is 11.1. The maximum absolute atomic E-state index is 12.9. The van der Waals surface area contributed by atoms with Crippen LogP contribution in [0.5, 0.6) is 0 Å². The molecule has 1 aromatic carbocycles. The van der Waals surface area contributed by atoms with Crippen molar-refractivity contribution >= 4 is 23.4 Å². The standard InChI is InChI=1S/C28H31N5O3/c1-17-18(2)25(31-16-21(17)14-29)26(34)32-22-7-6-20-15-30-24(23(20)13-22)12-19-8-10-33(11-9-19)27(35)36-28(3,4)5/h6-7,12-13,16H,8-11,15H2,1-5H3,(H,32,34). The Balaban J connectivity index is 1.45. The minimum Gasteiger partial charge on any atom is -0.444 e. The van der Waals surface area contributed by atoms with Crippen molar-refractivity contribution in [3.8, 4) is 6.07 Å². The summed E-state index contributed by atoms with van der Waals surface area (Å²) in [5.41, 5.74) is 6.61. The third kappa shape index (κ3) is 5.46. The third-order valence-electron chi connectivity index (χ3n) is 6.44. The summed E-state index contributed by atoms with van der Waals surface area (Å²) < 4.78 is 5.49. The maximum atomic E-state index is 12.9. The minimum atomic E-state index is -0.504. The van der Waals surface area contributed by atoms with E-state index < -0.39 is 5.60 Å². The number of hydrogen-bond donors (Lipinski definition) is 1. The number of nitrogens with zero attached hydrogens (tertiary/aromatic N) is 4. The molecule has 0 saturated carbocycles. The van der Waals surface area contributed by atoms with Gasteiger partial charge in [-0.15, -0.1) is 0 Å². The van der Waals surface area contributed by atoms with Crippen LogP contribution in [-0.2, 0) is 11.3 Å². The number of pyridine rings is 1. The fraction of sp³-hybridized carbons (Fsp3) is 0.393. The van der Waals surface area contributed by atoms with Crippen molar-refractivity contribution in [1.82, 2.24) is 9.88 Å². The van der Waals surface area contributed by atoms with E-state index in [1.165, 1.54) is 11.8 Å². The first kappa shape index (κ1) is 25.1. The summed E-state index contributed by atoms with van der Waals surface area (Å²) in [4.78, 5) is 35.9. The lowest BCUT2D eigenvalue weighted by molar-refractivity contribution is 0.0236. The lowest BCUT2D eigenvalue weighted by Crippen LogP contribution is -2.40. The molecule has 4 rings (SSSR count). The van der Waals surface area contributed by atoms with Crippen molar-refractivity contribution in [1.29, 1.82) is 5.26 Å². The molecule has 1 fully saturated rings. The average molecular weight is 486 g/mol. The quantitative estimate of drug-likeness (QED) is 0.652. The molecule has 2 aromatic rings. The van der Waals surface area contributed by atoms with Gasteiger partial charge in [0.25, 0.3) is 5.91 Å². The molecule has 8 nitrogen and oxygen atoms in total. The van der Waals surface area contributed by atoms with Gasteiger partial charge in [0.05, 0.1) is 17.8 Å². The molecular formula is C28H31N5O3. The third-order valence-corrected chi connectivity index (χ3v) is 6.44. The van der Waals surface area contributed by atoms with Crippen LogP contribution < -0.4 is 5.32 Å². The molecule has 2 aliphatic heterocycles. The summed E-state index contributed by atoms with van der Waals surface area (Å²) in [6, 6.07) is 7.89. The Labute approximate surface area is 211 Å². The second kappa shape index (κ2) is 9.94. The van der Waals surface area contributed by atoms with Gasteiger partial charge in [-0.2, -0.15) is 5.26 Å². The van der Waals surface area contributed by atoms with Crippen LogP contribution in [0.1, 0.15) is 71.9 Å². The van der Waals surface area contributed by atoms with E-state index in [-0.39, 0.29) is 12.0 Å². The van der Waals surface area contributed by atoms with Crippen LogP contribution >= 0.6 is 0 Å². The van der Waals surface area contributed by atoms with Crippen molar-refractivity contribution < 1.29 is 14.3 Å². The first-order chi connectivity index (χ1) is 17.1. The van der Waals surface area contributed by atoms with Crippen molar-refractivity contribution in [2.45, 2.75) is 59.6 Å². The van der Waals surface area contributed by atoms with E-state index in [1.807, 2.05) is 45.9 Å². The molecule has 0 radical (unpaired) electrons. The van der Waals surface area contributed by atoms with Gasteiger partial charge in [-0.05, 0) is 82.4 Å². The van der Waals surface area contributed by atoms with E-state index in [0.29, 0.717) is 42.1 Å². The summed E-state index contributed by atoms with van der Waals surface area (Å²) in [5, 5.41) is 12.1. The number of rotatable bonds is 3. The minimum absolute atomic E-state index is 0.271. The van der Waals surface area contributed by atoms with Crippen molar-refractivity contribution in [2.75, 3.05) is 18.4 Å². The van der Waals surface area contributed by atoms with Gasteiger partial charge >= 0.3 is 6.09 Å². The molecule has 1 N–H and O–H groups in total. The number of carbonyl (C=O) groups excluding carboxylic acids is 2. The van der Waals surface area contributed by atoms with Gasteiger partial charge in [0.1, 0.15) is 17.4 Å². The molecule has 0 atom stereocenters. The highest BCUT2D eigenvalue weighted by molar-refractivity contribution is 6.13. The highest BCUT2D eigenvalue weighted by atomic mass is 16.6. The molecule has 2 aliphatic rings. The Kier molecular flexibility index (Phi) is 6.93. The average Bonchev–Trinajstić information content (AvgIpc) is 3.22. The number of piperidine rings is 1. The van der Waals surface area contributed by atoms with Gasteiger partial charge in [0.2, 0.25) is 0 Å². The summed E-state index contributed by atoms with van der Waals surface area (Å²) in [5.74, 6) is -0.315. The van der Waals surface area contributed by atoms with Crippen molar-refractivity contribution in [2.24, 2.45) is 4.99 Å². The van der Waals surface area contributed by atoms with Crippen LogP contribution in [0.25, 0.3) is 0 Å². The summed E-state index contributed by atoms with van der Waals surface area (Å²) >= 11 is 0. The lowest BCUT2D eigenvalue weighted by Gasteiger charge is -2.31.